The fourth-order valence-electron chi connectivity index (χ4n) is 7.40. The van der Waals surface area contributed by atoms with Gasteiger partial charge in [0.2, 0.25) is 0 Å². The topological polar surface area (TPSA) is 43.6 Å². The number of fused-ring (bicyclic) bond motifs is 3. The van der Waals surface area contributed by atoms with Crippen molar-refractivity contribution in [2.45, 2.75) is 20.0 Å². The Morgan fingerprint density at radius 1 is 0.436 bits per heavy atom. The molecule has 0 saturated heterocycles. The number of nitrogens with zero attached hydrogens (tertiary/aromatic N) is 4. The molecule has 0 aliphatic rings. The quantitative estimate of drug-likeness (QED) is 0.172. The van der Waals surface area contributed by atoms with Crippen LogP contribution in [0.1, 0.15) is 16.7 Å². The number of alkyl halides is 3. The second-order valence-corrected chi connectivity index (χ2v) is 13.7. The van der Waals surface area contributed by atoms with Gasteiger partial charge in [-0.3, -0.25) is 0 Å². The number of hydrogen-bond acceptors (Lipinski definition) is 3. The number of rotatable bonds is 6. The SMILES string of the molecule is Cc1ccc(-c2ccc3c4ccccc4n(-c4cc(-c5ccc(C(F)(F)F)cc5)ccc4-c4nc(-c5ccccc5)nc(-c5ccccc5)n4)c3c2)c(C)c1. The van der Waals surface area contributed by atoms with Gasteiger partial charge in [-0.25, -0.2) is 15.0 Å². The van der Waals surface area contributed by atoms with Gasteiger partial charge in [-0.05, 0) is 78.1 Å². The minimum absolute atomic E-state index is 0.471. The van der Waals surface area contributed by atoms with E-state index >= 15 is 0 Å². The van der Waals surface area contributed by atoms with Crippen molar-refractivity contribution in [2.75, 3.05) is 0 Å². The first-order valence-corrected chi connectivity index (χ1v) is 18.0. The minimum atomic E-state index is -4.43. The lowest BCUT2D eigenvalue weighted by Gasteiger charge is -2.17. The van der Waals surface area contributed by atoms with Gasteiger partial charge in [0.25, 0.3) is 0 Å². The molecule has 0 atom stereocenters. The van der Waals surface area contributed by atoms with Crippen LogP contribution in [0.25, 0.3) is 83.9 Å². The first kappa shape index (κ1) is 33.9. The molecule has 7 aromatic carbocycles. The molecule has 0 amide bonds. The lowest BCUT2D eigenvalue weighted by molar-refractivity contribution is -0.137. The van der Waals surface area contributed by atoms with Gasteiger partial charge in [-0.15, -0.1) is 0 Å². The van der Waals surface area contributed by atoms with Crippen molar-refractivity contribution in [3.05, 3.63) is 180 Å². The van der Waals surface area contributed by atoms with Crippen LogP contribution in [0.2, 0.25) is 0 Å². The highest BCUT2D eigenvalue weighted by Gasteiger charge is 2.30. The van der Waals surface area contributed by atoms with Crippen LogP contribution >= 0.6 is 0 Å². The van der Waals surface area contributed by atoms with E-state index in [2.05, 4.69) is 66.9 Å². The maximum Gasteiger partial charge on any atom is 0.416 e. The zero-order valence-electron chi connectivity index (χ0n) is 30.0. The Labute approximate surface area is 316 Å². The third kappa shape index (κ3) is 6.33. The molecule has 0 bridgehead atoms. The standard InChI is InChI=1S/C48H33F3N4/c1-30-17-24-38(31(2)27-30)36-21-25-40-39-15-9-10-16-42(39)55(43(40)29-36)44-28-35(32-18-22-37(23-19-32)48(49,50)51)20-26-41(44)47-53-45(33-11-5-3-6-12-33)52-46(54-47)34-13-7-4-8-14-34/h3-29H,1-2H3. The van der Waals surface area contributed by atoms with E-state index in [-0.39, 0.29) is 0 Å². The Balaban J connectivity index is 1.34. The number of para-hydroxylation sites is 1. The van der Waals surface area contributed by atoms with Gasteiger partial charge in [-0.1, -0.05) is 133 Å². The summed E-state index contributed by atoms with van der Waals surface area (Å²) in [6, 6.07) is 52.2. The molecule has 0 N–H and O–H groups in total. The molecule has 0 aliphatic heterocycles. The summed E-state index contributed by atoms with van der Waals surface area (Å²) >= 11 is 0. The number of benzene rings is 7. The number of hydrogen-bond donors (Lipinski definition) is 0. The molecule has 7 heteroatoms. The third-order valence-corrected chi connectivity index (χ3v) is 10.1. The van der Waals surface area contributed by atoms with E-state index in [0.717, 1.165) is 73.0 Å². The van der Waals surface area contributed by atoms with Crippen LogP contribution in [0.4, 0.5) is 13.2 Å². The van der Waals surface area contributed by atoms with E-state index in [1.165, 1.54) is 23.3 Å². The Kier molecular flexibility index (Phi) is 8.35. The van der Waals surface area contributed by atoms with E-state index in [1.807, 2.05) is 91.0 Å². The summed E-state index contributed by atoms with van der Waals surface area (Å²) in [4.78, 5) is 15.1. The third-order valence-electron chi connectivity index (χ3n) is 10.1. The van der Waals surface area contributed by atoms with Crippen LogP contribution in [-0.4, -0.2) is 19.5 Å². The highest BCUT2D eigenvalue weighted by Crippen LogP contribution is 2.40. The van der Waals surface area contributed by atoms with Crippen molar-refractivity contribution in [1.29, 1.82) is 0 Å². The first-order valence-electron chi connectivity index (χ1n) is 18.0. The number of aromatic nitrogens is 4. The van der Waals surface area contributed by atoms with Crippen LogP contribution < -0.4 is 0 Å². The summed E-state index contributed by atoms with van der Waals surface area (Å²) in [5.74, 6) is 1.53. The Bertz CT molecular complexity index is 2800. The van der Waals surface area contributed by atoms with Crippen molar-refractivity contribution in [1.82, 2.24) is 19.5 Å². The zero-order chi connectivity index (χ0) is 37.7. The van der Waals surface area contributed by atoms with Crippen LogP contribution in [0.15, 0.2) is 164 Å². The van der Waals surface area contributed by atoms with E-state index in [0.29, 0.717) is 23.0 Å². The summed E-state index contributed by atoms with van der Waals surface area (Å²) in [6.45, 7) is 4.22. The van der Waals surface area contributed by atoms with Crippen LogP contribution in [0, 0.1) is 13.8 Å². The minimum Gasteiger partial charge on any atom is -0.308 e. The molecule has 0 saturated carbocycles. The molecule has 9 rings (SSSR count). The Morgan fingerprint density at radius 2 is 1.00 bits per heavy atom. The fraction of sp³-hybridized carbons (Fsp3) is 0.0625. The first-order chi connectivity index (χ1) is 26.7. The molecule has 0 radical (unpaired) electrons. The molecule has 0 fully saturated rings. The average molecular weight is 723 g/mol. The summed E-state index contributed by atoms with van der Waals surface area (Å²) < 4.78 is 43.0. The number of aryl methyl sites for hydroxylation is 2. The molecule has 4 nitrogen and oxygen atoms in total. The smallest absolute Gasteiger partial charge is 0.308 e. The molecular formula is C48H33F3N4. The maximum absolute atomic E-state index is 13.6. The lowest BCUT2D eigenvalue weighted by Crippen LogP contribution is -2.05. The second kappa shape index (κ2) is 13.5. The van der Waals surface area contributed by atoms with Crippen LogP contribution in [-0.2, 0) is 6.18 Å². The van der Waals surface area contributed by atoms with Gasteiger partial charge in [0, 0.05) is 27.5 Å². The highest BCUT2D eigenvalue weighted by molar-refractivity contribution is 6.11. The second-order valence-electron chi connectivity index (χ2n) is 13.7. The van der Waals surface area contributed by atoms with Crippen LogP contribution in [0.5, 0.6) is 0 Å². The van der Waals surface area contributed by atoms with Gasteiger partial charge in [0.1, 0.15) is 0 Å². The molecule has 2 aromatic heterocycles. The average Bonchev–Trinajstić information content (AvgIpc) is 3.54. The zero-order valence-corrected chi connectivity index (χ0v) is 30.0. The van der Waals surface area contributed by atoms with Gasteiger partial charge in [0.05, 0.1) is 22.3 Å². The monoisotopic (exact) mass is 722 g/mol. The summed E-state index contributed by atoms with van der Waals surface area (Å²) in [7, 11) is 0. The predicted molar refractivity (Wildman–Crippen MR) is 216 cm³/mol. The summed E-state index contributed by atoms with van der Waals surface area (Å²) in [5, 5.41) is 2.14. The van der Waals surface area contributed by atoms with Crippen LogP contribution in [0.3, 0.4) is 0 Å². The van der Waals surface area contributed by atoms with Crippen molar-refractivity contribution in [3.63, 3.8) is 0 Å². The summed E-state index contributed by atoms with van der Waals surface area (Å²) in [6.07, 6.45) is -4.43. The van der Waals surface area contributed by atoms with Gasteiger partial charge in [0.15, 0.2) is 17.5 Å². The fourth-order valence-corrected chi connectivity index (χ4v) is 7.40. The molecule has 0 aliphatic carbocycles. The molecule has 55 heavy (non-hydrogen) atoms. The van der Waals surface area contributed by atoms with E-state index in [9.17, 15) is 13.2 Å². The van der Waals surface area contributed by atoms with Crippen molar-refractivity contribution in [3.8, 4) is 62.1 Å². The highest BCUT2D eigenvalue weighted by atomic mass is 19.4. The van der Waals surface area contributed by atoms with Crippen molar-refractivity contribution >= 4 is 21.8 Å². The summed E-state index contributed by atoms with van der Waals surface area (Å²) in [5.41, 5.74) is 10.5. The lowest BCUT2D eigenvalue weighted by atomic mass is 9.97. The predicted octanol–water partition coefficient (Wildman–Crippen LogP) is 12.9. The largest absolute Gasteiger partial charge is 0.416 e. The van der Waals surface area contributed by atoms with E-state index < -0.39 is 11.7 Å². The molecule has 0 spiro atoms. The Morgan fingerprint density at radius 3 is 1.65 bits per heavy atom. The number of halogens is 3. The molecule has 0 unspecified atom stereocenters. The molecule has 2 heterocycles. The Hall–Kier alpha value is -6.86. The molecule has 9 aromatic rings. The molecule has 266 valence electrons. The van der Waals surface area contributed by atoms with Crippen molar-refractivity contribution < 1.29 is 13.2 Å². The van der Waals surface area contributed by atoms with Crippen molar-refractivity contribution in [2.24, 2.45) is 0 Å². The maximum atomic E-state index is 13.6. The normalized spacial score (nSPS) is 11.7. The van der Waals surface area contributed by atoms with Gasteiger partial charge in [-0.2, -0.15) is 13.2 Å². The molecular weight excluding hydrogens is 690 g/mol. The van der Waals surface area contributed by atoms with E-state index in [4.69, 9.17) is 15.0 Å². The van der Waals surface area contributed by atoms with E-state index in [1.54, 1.807) is 0 Å². The van der Waals surface area contributed by atoms with Gasteiger partial charge >= 0.3 is 6.18 Å². The van der Waals surface area contributed by atoms with Gasteiger partial charge < -0.3 is 4.57 Å².